The number of hydrazine groups is 1. The first-order valence-electron chi connectivity index (χ1n) is 5.13. The van der Waals surface area contributed by atoms with Gasteiger partial charge in [-0.15, -0.1) is 0 Å². The molecule has 2 saturated heterocycles. The van der Waals surface area contributed by atoms with Gasteiger partial charge in [-0.25, -0.2) is 10.0 Å². The molecule has 2 heteroatoms. The minimum Gasteiger partial charge on any atom is -0.234 e. The number of rotatable bonds is 0. The van der Waals surface area contributed by atoms with Crippen LogP contribution in [-0.4, -0.2) is 35.2 Å². The van der Waals surface area contributed by atoms with E-state index in [2.05, 4.69) is 22.2 Å². The van der Waals surface area contributed by atoms with Gasteiger partial charge in [-0.1, -0.05) is 12.2 Å². The second-order valence-corrected chi connectivity index (χ2v) is 4.18. The molecule has 4 aliphatic rings. The van der Waals surface area contributed by atoms with Crippen molar-refractivity contribution < 1.29 is 0 Å². The molecule has 4 rings (SSSR count). The molecule has 2 nitrogen and oxygen atoms in total. The van der Waals surface area contributed by atoms with Gasteiger partial charge in [0.15, 0.2) is 0 Å². The van der Waals surface area contributed by atoms with E-state index < -0.39 is 0 Å². The van der Waals surface area contributed by atoms with Gasteiger partial charge in [-0.2, -0.15) is 0 Å². The lowest BCUT2D eigenvalue weighted by Crippen LogP contribution is -2.62. The standard InChI is InChI=1S/C10H16N2/c1-2-8-12-10-5-3-9(4-6-10)11(12)7-1/h1-2,9-10H,3-8H2. The molecular weight excluding hydrogens is 148 g/mol. The van der Waals surface area contributed by atoms with Crippen molar-refractivity contribution in [1.82, 2.24) is 10.0 Å². The normalized spacial score (nSPS) is 41.7. The summed E-state index contributed by atoms with van der Waals surface area (Å²) in [7, 11) is 0. The summed E-state index contributed by atoms with van der Waals surface area (Å²) in [5.74, 6) is 0. The van der Waals surface area contributed by atoms with Crippen LogP contribution in [0.15, 0.2) is 12.2 Å². The Morgan fingerprint density at radius 1 is 0.750 bits per heavy atom. The molecule has 0 unspecified atom stereocenters. The predicted octanol–water partition coefficient (Wildman–Crippen LogP) is 1.40. The van der Waals surface area contributed by atoms with Crippen LogP contribution in [0, 0.1) is 0 Å². The predicted molar refractivity (Wildman–Crippen MR) is 48.6 cm³/mol. The molecule has 3 aliphatic heterocycles. The molecule has 1 saturated carbocycles. The second-order valence-electron chi connectivity index (χ2n) is 4.18. The van der Waals surface area contributed by atoms with Gasteiger partial charge < -0.3 is 0 Å². The fraction of sp³-hybridized carbons (Fsp3) is 0.800. The lowest BCUT2D eigenvalue weighted by molar-refractivity contribution is -0.148. The third-order valence-corrected chi connectivity index (χ3v) is 3.59. The van der Waals surface area contributed by atoms with E-state index in [1.54, 1.807) is 0 Å². The molecule has 2 bridgehead atoms. The number of fused-ring (bicyclic) bond motifs is 2. The maximum atomic E-state index is 2.59. The highest BCUT2D eigenvalue weighted by Crippen LogP contribution is 2.35. The fourth-order valence-corrected chi connectivity index (χ4v) is 2.95. The Morgan fingerprint density at radius 2 is 1.17 bits per heavy atom. The minimum absolute atomic E-state index is 0.875. The van der Waals surface area contributed by atoms with Crippen LogP contribution in [0.25, 0.3) is 0 Å². The topological polar surface area (TPSA) is 6.48 Å². The molecule has 66 valence electrons. The fourth-order valence-electron chi connectivity index (χ4n) is 2.95. The quantitative estimate of drug-likeness (QED) is 0.499. The van der Waals surface area contributed by atoms with Crippen molar-refractivity contribution >= 4 is 0 Å². The van der Waals surface area contributed by atoms with Gasteiger partial charge in [0.05, 0.1) is 0 Å². The summed E-state index contributed by atoms with van der Waals surface area (Å²) in [4.78, 5) is 0. The van der Waals surface area contributed by atoms with E-state index in [0.717, 1.165) is 12.1 Å². The first-order chi connectivity index (χ1) is 5.95. The van der Waals surface area contributed by atoms with E-state index in [4.69, 9.17) is 0 Å². The molecule has 1 aliphatic carbocycles. The van der Waals surface area contributed by atoms with Gasteiger partial charge in [-0.05, 0) is 25.7 Å². The van der Waals surface area contributed by atoms with Crippen molar-refractivity contribution in [2.75, 3.05) is 13.1 Å². The molecule has 0 N–H and O–H groups in total. The van der Waals surface area contributed by atoms with E-state index in [1.165, 1.54) is 38.8 Å². The summed E-state index contributed by atoms with van der Waals surface area (Å²) < 4.78 is 0. The molecule has 0 radical (unpaired) electrons. The van der Waals surface area contributed by atoms with Crippen molar-refractivity contribution in [2.24, 2.45) is 0 Å². The molecule has 0 aromatic heterocycles. The van der Waals surface area contributed by atoms with Crippen molar-refractivity contribution in [1.29, 1.82) is 0 Å². The van der Waals surface area contributed by atoms with E-state index in [9.17, 15) is 0 Å². The SMILES string of the molecule is C1=CCN2C3CCC(CC3)N2C1. The van der Waals surface area contributed by atoms with Gasteiger partial charge in [-0.3, -0.25) is 0 Å². The summed E-state index contributed by atoms with van der Waals surface area (Å²) in [6.45, 7) is 2.34. The number of nitrogens with zero attached hydrogens (tertiary/aromatic N) is 2. The smallest absolute Gasteiger partial charge is 0.0317 e. The van der Waals surface area contributed by atoms with Crippen LogP contribution in [0.1, 0.15) is 25.7 Å². The largest absolute Gasteiger partial charge is 0.234 e. The average Bonchev–Trinajstić information content (AvgIpc) is 2.20. The van der Waals surface area contributed by atoms with Gasteiger partial charge in [0.2, 0.25) is 0 Å². The van der Waals surface area contributed by atoms with Crippen LogP contribution < -0.4 is 0 Å². The highest BCUT2D eigenvalue weighted by Gasteiger charge is 2.39. The van der Waals surface area contributed by atoms with Crippen LogP contribution in [0.2, 0.25) is 0 Å². The molecule has 0 atom stereocenters. The van der Waals surface area contributed by atoms with Crippen molar-refractivity contribution in [3.63, 3.8) is 0 Å². The van der Waals surface area contributed by atoms with Crippen molar-refractivity contribution in [2.45, 2.75) is 37.8 Å². The Bertz CT molecular complexity index is 182. The van der Waals surface area contributed by atoms with Crippen molar-refractivity contribution in [3.8, 4) is 0 Å². The van der Waals surface area contributed by atoms with Gasteiger partial charge in [0.25, 0.3) is 0 Å². The monoisotopic (exact) mass is 164 g/mol. The summed E-state index contributed by atoms with van der Waals surface area (Å²) in [6, 6.07) is 1.75. The third kappa shape index (κ3) is 0.882. The molecule has 12 heavy (non-hydrogen) atoms. The van der Waals surface area contributed by atoms with Crippen LogP contribution in [0.5, 0.6) is 0 Å². The van der Waals surface area contributed by atoms with E-state index in [-0.39, 0.29) is 0 Å². The molecule has 0 amide bonds. The third-order valence-electron chi connectivity index (χ3n) is 3.59. The van der Waals surface area contributed by atoms with E-state index >= 15 is 0 Å². The summed E-state index contributed by atoms with van der Waals surface area (Å²) >= 11 is 0. The molecule has 3 fully saturated rings. The molecule has 0 aromatic rings. The zero-order valence-electron chi connectivity index (χ0n) is 7.45. The Labute approximate surface area is 73.8 Å². The highest BCUT2D eigenvalue weighted by molar-refractivity contribution is 5.00. The Kier molecular flexibility index (Phi) is 1.52. The van der Waals surface area contributed by atoms with Crippen molar-refractivity contribution in [3.05, 3.63) is 12.2 Å². The first kappa shape index (κ1) is 7.10. The highest BCUT2D eigenvalue weighted by atomic mass is 15.7. The zero-order chi connectivity index (χ0) is 7.97. The molecule has 0 aromatic carbocycles. The average molecular weight is 164 g/mol. The van der Waals surface area contributed by atoms with Crippen LogP contribution in [0.3, 0.4) is 0 Å². The number of hydrogen-bond donors (Lipinski definition) is 0. The lowest BCUT2D eigenvalue weighted by Gasteiger charge is -2.54. The van der Waals surface area contributed by atoms with Gasteiger partial charge in [0, 0.05) is 25.2 Å². The van der Waals surface area contributed by atoms with Crippen LogP contribution >= 0.6 is 0 Å². The molecular formula is C10H16N2. The first-order valence-corrected chi connectivity index (χ1v) is 5.13. The molecule has 3 heterocycles. The molecule has 0 spiro atoms. The van der Waals surface area contributed by atoms with Crippen LogP contribution in [-0.2, 0) is 0 Å². The lowest BCUT2D eigenvalue weighted by atomic mass is 9.86. The minimum atomic E-state index is 0.875. The maximum Gasteiger partial charge on any atom is 0.0317 e. The summed E-state index contributed by atoms with van der Waals surface area (Å²) in [6.07, 6.45) is 10.4. The van der Waals surface area contributed by atoms with Gasteiger partial charge >= 0.3 is 0 Å². The summed E-state index contributed by atoms with van der Waals surface area (Å²) in [5.41, 5.74) is 0. The van der Waals surface area contributed by atoms with E-state index in [1.807, 2.05) is 0 Å². The Hall–Kier alpha value is -0.340. The zero-order valence-corrected chi connectivity index (χ0v) is 7.45. The second kappa shape index (κ2) is 2.57. The maximum absolute atomic E-state index is 2.59. The Morgan fingerprint density at radius 3 is 1.58 bits per heavy atom. The van der Waals surface area contributed by atoms with E-state index in [0.29, 0.717) is 0 Å². The van der Waals surface area contributed by atoms with Gasteiger partial charge in [0.1, 0.15) is 0 Å². The Balaban J connectivity index is 1.89. The van der Waals surface area contributed by atoms with Crippen LogP contribution in [0.4, 0.5) is 0 Å². The summed E-state index contributed by atoms with van der Waals surface area (Å²) in [5, 5.41) is 5.19. The number of hydrogen-bond acceptors (Lipinski definition) is 2.